The van der Waals surface area contributed by atoms with Crippen LogP contribution >= 0.6 is 23.5 Å². The highest BCUT2D eigenvalue weighted by molar-refractivity contribution is 7.66. The van der Waals surface area contributed by atoms with Gasteiger partial charge in [-0.1, -0.05) is 0 Å². The highest BCUT2D eigenvalue weighted by atomic mass is 31.3. The van der Waals surface area contributed by atoms with Crippen molar-refractivity contribution in [3.8, 4) is 0 Å². The summed E-state index contributed by atoms with van der Waals surface area (Å²) in [6.45, 7) is -1.16. The van der Waals surface area contributed by atoms with E-state index in [1.54, 1.807) is 4.98 Å². The van der Waals surface area contributed by atoms with Crippen LogP contribution in [0.3, 0.4) is 0 Å². The average molecular weight is 528 g/mol. The van der Waals surface area contributed by atoms with E-state index < -0.39 is 77.4 Å². The van der Waals surface area contributed by atoms with Gasteiger partial charge in [0.25, 0.3) is 5.56 Å². The van der Waals surface area contributed by atoms with E-state index in [1.165, 1.54) is 0 Å². The Hall–Kier alpha value is -1.56. The van der Waals surface area contributed by atoms with Crippen molar-refractivity contribution < 1.29 is 71.3 Å². The third-order valence-electron chi connectivity index (χ3n) is 3.63. The molecule has 22 heteroatoms. The molecular formula is C10H15N2O17P3. The highest BCUT2D eigenvalue weighted by Gasteiger charge is 2.47. The number of ether oxygens (including phenoxy) is 1. The number of phosphoric acid groups is 3. The van der Waals surface area contributed by atoms with Crippen LogP contribution < -0.4 is 11.2 Å². The van der Waals surface area contributed by atoms with E-state index in [1.807, 2.05) is 0 Å². The van der Waals surface area contributed by atoms with Gasteiger partial charge in [0.2, 0.25) is 0 Å². The molecule has 1 aliphatic rings. The Morgan fingerprint density at radius 2 is 1.66 bits per heavy atom. The predicted octanol–water partition coefficient (Wildman–Crippen LogP) is -2.80. The van der Waals surface area contributed by atoms with Crippen LogP contribution in [0.25, 0.3) is 0 Å². The van der Waals surface area contributed by atoms with Gasteiger partial charge >= 0.3 is 35.1 Å². The van der Waals surface area contributed by atoms with E-state index in [4.69, 9.17) is 24.5 Å². The smallest absolute Gasteiger partial charge is 0.477 e. The van der Waals surface area contributed by atoms with Gasteiger partial charge in [0.05, 0.1) is 6.61 Å². The van der Waals surface area contributed by atoms with Gasteiger partial charge in [-0.25, -0.2) is 23.3 Å². The second kappa shape index (κ2) is 9.36. The number of aromatic nitrogens is 2. The number of H-pyrrole nitrogens is 1. The number of nitrogens with zero attached hydrogens (tertiary/aromatic N) is 1. The number of rotatable bonds is 9. The van der Waals surface area contributed by atoms with Crippen LogP contribution in [-0.2, 0) is 31.6 Å². The van der Waals surface area contributed by atoms with Crippen molar-refractivity contribution in [1.29, 1.82) is 0 Å². The maximum Gasteiger partial charge on any atom is 0.490 e. The standard InChI is InChI=1S/C10H15N2O17P3/c13-5-4(2-26-31(22,23)29-32(24,25)28-30(19,20)21)27-8(6(5)14)12-1-3(9(16)17)7(15)11-10(12)18/h1,4-6,8,13-14H,2H2,(H,16,17)(H,22,23)(H,24,25)(H,11,15,18)(H2,19,20,21). The number of carboxylic acid groups (broad SMARTS) is 1. The zero-order valence-corrected chi connectivity index (χ0v) is 17.8. The fourth-order valence-corrected chi connectivity index (χ4v) is 5.42. The first-order valence-corrected chi connectivity index (χ1v) is 12.3. The lowest BCUT2D eigenvalue weighted by atomic mass is 10.1. The van der Waals surface area contributed by atoms with E-state index in [0.717, 1.165) is 0 Å². The van der Waals surface area contributed by atoms with Gasteiger partial charge in [-0.2, -0.15) is 8.62 Å². The summed E-state index contributed by atoms with van der Waals surface area (Å²) in [6, 6.07) is 0. The summed E-state index contributed by atoms with van der Waals surface area (Å²) in [7, 11) is -17.0. The molecule has 1 aliphatic heterocycles. The molecule has 0 aromatic carbocycles. The van der Waals surface area contributed by atoms with Gasteiger partial charge in [-0.05, 0) is 0 Å². The maximum absolute atomic E-state index is 11.9. The summed E-state index contributed by atoms with van der Waals surface area (Å²) in [6.07, 6.45) is -6.95. The molecule has 1 fully saturated rings. The molecule has 19 nitrogen and oxygen atoms in total. The number of aromatic amines is 1. The summed E-state index contributed by atoms with van der Waals surface area (Å²) in [5.41, 5.74) is -3.44. The van der Waals surface area contributed by atoms with Crippen LogP contribution in [0, 0.1) is 0 Å². The number of phosphoric ester groups is 1. The van der Waals surface area contributed by atoms with Crippen molar-refractivity contribution in [2.45, 2.75) is 24.5 Å². The number of carbonyl (C=O) groups is 1. The zero-order chi connectivity index (χ0) is 24.6. The fourth-order valence-electron chi connectivity index (χ4n) is 2.39. The molecule has 6 unspecified atom stereocenters. The summed E-state index contributed by atoms with van der Waals surface area (Å²) < 4.78 is 50.3. The molecule has 0 amide bonds. The van der Waals surface area contributed by atoms with Crippen LogP contribution in [-0.4, -0.2) is 75.3 Å². The van der Waals surface area contributed by atoms with Gasteiger partial charge < -0.3 is 39.6 Å². The Balaban J connectivity index is 2.15. The summed E-state index contributed by atoms with van der Waals surface area (Å²) in [4.78, 5) is 71.4. The van der Waals surface area contributed by atoms with E-state index >= 15 is 0 Å². The molecule has 8 N–H and O–H groups in total. The molecule has 0 aliphatic carbocycles. The van der Waals surface area contributed by atoms with E-state index in [9.17, 15) is 43.2 Å². The topological polar surface area (TPSA) is 302 Å². The Morgan fingerprint density at radius 3 is 2.19 bits per heavy atom. The fraction of sp³-hybridized carbons (Fsp3) is 0.500. The average Bonchev–Trinajstić information content (AvgIpc) is 2.85. The van der Waals surface area contributed by atoms with E-state index in [0.29, 0.717) is 10.8 Å². The number of hydrogen-bond acceptors (Lipinski definition) is 12. The number of aliphatic hydroxyl groups excluding tert-OH is 2. The first-order chi connectivity index (χ1) is 14.4. The quantitative estimate of drug-likeness (QED) is 0.150. The zero-order valence-electron chi connectivity index (χ0n) is 15.1. The minimum absolute atomic E-state index is 0.406. The van der Waals surface area contributed by atoms with Crippen LogP contribution in [0.1, 0.15) is 16.6 Å². The lowest BCUT2D eigenvalue weighted by Crippen LogP contribution is -2.39. The third kappa shape index (κ3) is 6.72. The van der Waals surface area contributed by atoms with Crippen LogP contribution in [0.4, 0.5) is 0 Å². The normalized spacial score (nSPS) is 27.6. The monoisotopic (exact) mass is 528 g/mol. The minimum Gasteiger partial charge on any atom is -0.477 e. The van der Waals surface area contributed by atoms with Crippen LogP contribution in [0.5, 0.6) is 0 Å². The molecule has 1 aromatic heterocycles. The number of aromatic carboxylic acids is 1. The van der Waals surface area contributed by atoms with Gasteiger partial charge in [0.15, 0.2) is 6.23 Å². The largest absolute Gasteiger partial charge is 0.490 e. The van der Waals surface area contributed by atoms with Gasteiger partial charge in [-0.3, -0.25) is 18.9 Å². The highest BCUT2D eigenvalue weighted by Crippen LogP contribution is 2.66. The lowest BCUT2D eigenvalue weighted by Gasteiger charge is -2.19. The van der Waals surface area contributed by atoms with Crippen LogP contribution in [0.15, 0.2) is 15.8 Å². The van der Waals surface area contributed by atoms with Crippen molar-refractivity contribution in [2.75, 3.05) is 6.61 Å². The van der Waals surface area contributed by atoms with Crippen LogP contribution in [0.2, 0.25) is 0 Å². The Kier molecular flexibility index (Phi) is 7.81. The van der Waals surface area contributed by atoms with Crippen molar-refractivity contribution in [1.82, 2.24) is 9.55 Å². The molecule has 2 heterocycles. The molecule has 0 saturated carbocycles. The van der Waals surface area contributed by atoms with Gasteiger partial charge in [0.1, 0.15) is 23.9 Å². The predicted molar refractivity (Wildman–Crippen MR) is 94.0 cm³/mol. The maximum atomic E-state index is 11.9. The Bertz CT molecular complexity index is 1140. The van der Waals surface area contributed by atoms with Crippen molar-refractivity contribution in [3.05, 3.63) is 32.6 Å². The number of nitrogens with one attached hydrogen (secondary N) is 1. The Labute approximate surface area is 174 Å². The summed E-state index contributed by atoms with van der Waals surface area (Å²) in [5, 5.41) is 29.0. The third-order valence-corrected chi connectivity index (χ3v) is 7.43. The number of carboxylic acids is 1. The van der Waals surface area contributed by atoms with Gasteiger partial charge in [-0.15, -0.1) is 0 Å². The molecule has 32 heavy (non-hydrogen) atoms. The molecular weight excluding hydrogens is 513 g/mol. The number of aliphatic hydroxyl groups is 2. The molecule has 6 atom stereocenters. The number of hydrogen-bond donors (Lipinski definition) is 8. The Morgan fingerprint density at radius 1 is 1.06 bits per heavy atom. The first-order valence-electron chi connectivity index (χ1n) is 7.81. The minimum atomic E-state index is -5.80. The summed E-state index contributed by atoms with van der Waals surface area (Å²) >= 11 is 0. The second-order valence-corrected chi connectivity index (χ2v) is 10.4. The summed E-state index contributed by atoms with van der Waals surface area (Å²) in [5.74, 6) is -1.74. The molecule has 0 spiro atoms. The molecule has 1 saturated heterocycles. The van der Waals surface area contributed by atoms with Crippen molar-refractivity contribution >= 4 is 29.4 Å². The van der Waals surface area contributed by atoms with Crippen molar-refractivity contribution in [3.63, 3.8) is 0 Å². The van der Waals surface area contributed by atoms with E-state index in [2.05, 4.69) is 13.1 Å². The lowest BCUT2D eigenvalue weighted by molar-refractivity contribution is -0.0543. The molecule has 0 radical (unpaired) electrons. The molecule has 0 bridgehead atoms. The molecule has 2 rings (SSSR count). The molecule has 1 aromatic rings. The first kappa shape index (κ1) is 26.7. The molecule has 182 valence electrons. The van der Waals surface area contributed by atoms with E-state index in [-0.39, 0.29) is 0 Å². The van der Waals surface area contributed by atoms with Crippen molar-refractivity contribution in [2.24, 2.45) is 0 Å². The second-order valence-electron chi connectivity index (χ2n) is 5.95. The SMILES string of the molecule is O=C(O)c1cn(C2OC(COP(=O)(O)OP(=O)(O)OP(=O)(O)O)C(O)C2O)c(=O)[nH]c1=O. The van der Waals surface area contributed by atoms with Gasteiger partial charge in [0, 0.05) is 6.20 Å².